The molecule has 0 aromatic heterocycles. The van der Waals surface area contributed by atoms with E-state index >= 15 is 0 Å². The maximum Gasteiger partial charge on any atom is 0.144 e. The topological polar surface area (TPSA) is 0 Å². The molecule has 0 N–H and O–H groups in total. The average Bonchev–Trinajstić information content (AvgIpc) is 2.50. The third-order valence-corrected chi connectivity index (χ3v) is 4.67. The molecule has 0 bridgehead atoms. The second-order valence-corrected chi connectivity index (χ2v) is 6.89. The molecule has 1 aromatic rings. The van der Waals surface area contributed by atoms with E-state index in [-0.39, 0.29) is 0 Å². The van der Waals surface area contributed by atoms with Crippen LogP contribution in [0.1, 0.15) is 49.7 Å². The van der Waals surface area contributed by atoms with Crippen molar-refractivity contribution in [2.75, 3.05) is 11.8 Å². The van der Waals surface area contributed by atoms with Gasteiger partial charge in [0, 0.05) is 11.8 Å². The first-order valence-electron chi connectivity index (χ1n) is 8.43. The van der Waals surface area contributed by atoms with Crippen LogP contribution in [0.2, 0.25) is 12.6 Å². The van der Waals surface area contributed by atoms with Gasteiger partial charge < -0.3 is 0 Å². The predicted molar refractivity (Wildman–Crippen MR) is 99.4 cm³/mol. The van der Waals surface area contributed by atoms with Crippen LogP contribution in [0.5, 0.6) is 0 Å². The summed E-state index contributed by atoms with van der Waals surface area (Å²) in [5, 5.41) is 0. The lowest BCUT2D eigenvalue weighted by Crippen LogP contribution is -2.16. The highest BCUT2D eigenvalue weighted by atomic mass is 35.5. The van der Waals surface area contributed by atoms with E-state index in [1.807, 2.05) is 0 Å². The van der Waals surface area contributed by atoms with Gasteiger partial charge in [-0.2, -0.15) is 0 Å². The Morgan fingerprint density at radius 1 is 0.762 bits per heavy atom. The van der Waals surface area contributed by atoms with Gasteiger partial charge >= 0.3 is 0 Å². The lowest BCUT2D eigenvalue weighted by Gasteiger charge is -2.14. The molecule has 0 aliphatic carbocycles. The van der Waals surface area contributed by atoms with Crippen molar-refractivity contribution in [1.29, 1.82) is 0 Å². The summed E-state index contributed by atoms with van der Waals surface area (Å²) in [6.07, 6.45) is 11.4. The lowest BCUT2D eigenvalue weighted by atomic mass is 9.41. The Bertz CT molecular complexity index is 339. The minimum atomic E-state index is 0.804. The van der Waals surface area contributed by atoms with Gasteiger partial charge in [0.05, 0.1) is 0 Å². The number of hydrogen-bond acceptors (Lipinski definition) is 0. The van der Waals surface area contributed by atoms with Crippen LogP contribution in [-0.2, 0) is 6.32 Å². The standard InChI is InChI=1S/C18H29BCl2/c1-17-8-10-18(11-9-17)16-19(12-4-2-6-14-20)13-5-3-7-15-21/h8-11H,2-7,12-16H2,1H3. The van der Waals surface area contributed by atoms with Gasteiger partial charge in [-0.25, -0.2) is 0 Å². The van der Waals surface area contributed by atoms with Gasteiger partial charge in [-0.3, -0.25) is 0 Å². The van der Waals surface area contributed by atoms with Crippen LogP contribution >= 0.6 is 23.2 Å². The summed E-state index contributed by atoms with van der Waals surface area (Å²) in [4.78, 5) is 0. The van der Waals surface area contributed by atoms with Crippen LogP contribution in [-0.4, -0.2) is 18.5 Å². The minimum Gasteiger partial charge on any atom is -0.127 e. The third kappa shape index (κ3) is 9.48. The number of alkyl halides is 2. The van der Waals surface area contributed by atoms with Crippen molar-refractivity contribution < 1.29 is 0 Å². The van der Waals surface area contributed by atoms with Gasteiger partial charge in [0.15, 0.2) is 0 Å². The molecule has 0 aliphatic heterocycles. The van der Waals surface area contributed by atoms with Crippen molar-refractivity contribution in [2.24, 2.45) is 0 Å². The molecule has 0 unspecified atom stereocenters. The van der Waals surface area contributed by atoms with Gasteiger partial charge in [-0.05, 0) is 26.1 Å². The summed E-state index contributed by atoms with van der Waals surface area (Å²) in [5.74, 6) is 1.61. The normalized spacial score (nSPS) is 10.8. The molecule has 0 saturated carbocycles. The first-order valence-corrected chi connectivity index (χ1v) is 9.50. The Balaban J connectivity index is 2.39. The summed E-state index contributed by atoms with van der Waals surface area (Å²) < 4.78 is 0. The number of halogens is 2. The minimum absolute atomic E-state index is 0.804. The van der Waals surface area contributed by atoms with Crippen LogP contribution in [0, 0.1) is 6.92 Å². The monoisotopic (exact) mass is 326 g/mol. The molecule has 0 saturated heterocycles. The van der Waals surface area contributed by atoms with E-state index in [1.165, 1.54) is 55.8 Å². The molecule has 0 aliphatic rings. The summed E-state index contributed by atoms with van der Waals surface area (Å²) in [7, 11) is 0. The Morgan fingerprint density at radius 3 is 1.76 bits per heavy atom. The second kappa shape index (κ2) is 12.4. The molecule has 21 heavy (non-hydrogen) atoms. The van der Waals surface area contributed by atoms with Crippen LogP contribution in [0.3, 0.4) is 0 Å². The quantitative estimate of drug-likeness (QED) is 0.237. The van der Waals surface area contributed by atoms with Gasteiger partial charge in [0.1, 0.15) is 6.71 Å². The molecule has 118 valence electrons. The first-order chi connectivity index (χ1) is 10.3. The zero-order valence-corrected chi connectivity index (χ0v) is 14.9. The number of benzene rings is 1. The van der Waals surface area contributed by atoms with Crippen molar-refractivity contribution in [3.05, 3.63) is 35.4 Å². The highest BCUT2D eigenvalue weighted by Gasteiger charge is 2.13. The zero-order valence-electron chi connectivity index (χ0n) is 13.4. The molecule has 1 aromatic carbocycles. The van der Waals surface area contributed by atoms with Crippen molar-refractivity contribution in [3.8, 4) is 0 Å². The molecule has 0 atom stereocenters. The van der Waals surface area contributed by atoms with Crippen molar-refractivity contribution in [2.45, 2.75) is 64.4 Å². The second-order valence-electron chi connectivity index (χ2n) is 6.13. The largest absolute Gasteiger partial charge is 0.144 e. The molecular formula is C18H29BCl2. The molecule has 1 rings (SSSR count). The SMILES string of the molecule is Cc1ccc(CB(CCCCCCl)CCCCCCl)cc1. The Kier molecular flexibility index (Phi) is 11.2. The highest BCUT2D eigenvalue weighted by Crippen LogP contribution is 2.17. The predicted octanol–water partition coefficient (Wildman–Crippen LogP) is 6.39. The third-order valence-electron chi connectivity index (χ3n) is 4.14. The highest BCUT2D eigenvalue weighted by molar-refractivity contribution is 6.58. The van der Waals surface area contributed by atoms with Crippen LogP contribution in [0.4, 0.5) is 0 Å². The van der Waals surface area contributed by atoms with Crippen molar-refractivity contribution in [1.82, 2.24) is 0 Å². The van der Waals surface area contributed by atoms with E-state index < -0.39 is 0 Å². The van der Waals surface area contributed by atoms with Gasteiger partial charge in [-0.15, -0.1) is 23.2 Å². The molecule has 0 spiro atoms. The van der Waals surface area contributed by atoms with Crippen LogP contribution in [0.15, 0.2) is 24.3 Å². The Morgan fingerprint density at radius 2 is 1.29 bits per heavy atom. The molecule has 0 amide bonds. The number of unbranched alkanes of at least 4 members (excludes halogenated alkanes) is 4. The van der Waals surface area contributed by atoms with E-state index in [2.05, 4.69) is 31.2 Å². The number of hydrogen-bond donors (Lipinski definition) is 0. The average molecular weight is 327 g/mol. The fourth-order valence-corrected chi connectivity index (χ4v) is 3.19. The fourth-order valence-electron chi connectivity index (χ4n) is 2.81. The van der Waals surface area contributed by atoms with Crippen molar-refractivity contribution >= 4 is 29.9 Å². The number of rotatable bonds is 12. The molecule has 0 nitrogen and oxygen atoms in total. The van der Waals surface area contributed by atoms with E-state index in [0.29, 0.717) is 0 Å². The summed E-state index contributed by atoms with van der Waals surface area (Å²) in [6.45, 7) is 2.97. The van der Waals surface area contributed by atoms with Gasteiger partial charge in [0.2, 0.25) is 0 Å². The number of aryl methyl sites for hydroxylation is 1. The molecule has 0 heterocycles. The zero-order chi connectivity index (χ0) is 15.3. The van der Waals surface area contributed by atoms with Crippen LogP contribution < -0.4 is 0 Å². The summed E-state index contributed by atoms with van der Waals surface area (Å²) >= 11 is 11.5. The van der Waals surface area contributed by atoms with E-state index in [0.717, 1.165) is 31.3 Å². The Labute approximate surface area is 141 Å². The van der Waals surface area contributed by atoms with E-state index in [9.17, 15) is 0 Å². The van der Waals surface area contributed by atoms with E-state index in [4.69, 9.17) is 23.2 Å². The van der Waals surface area contributed by atoms with Gasteiger partial charge in [-0.1, -0.05) is 73.7 Å². The summed E-state index contributed by atoms with van der Waals surface area (Å²) in [6, 6.07) is 9.04. The molecular weight excluding hydrogens is 298 g/mol. The van der Waals surface area contributed by atoms with Crippen LogP contribution in [0.25, 0.3) is 0 Å². The van der Waals surface area contributed by atoms with Gasteiger partial charge in [0.25, 0.3) is 0 Å². The lowest BCUT2D eigenvalue weighted by molar-refractivity contribution is 0.747. The molecule has 0 fully saturated rings. The Hall–Kier alpha value is -0.135. The van der Waals surface area contributed by atoms with E-state index in [1.54, 1.807) is 0 Å². The van der Waals surface area contributed by atoms with Crippen molar-refractivity contribution in [3.63, 3.8) is 0 Å². The molecule has 3 heteroatoms. The summed E-state index contributed by atoms with van der Waals surface area (Å²) in [5.41, 5.74) is 2.83. The first kappa shape index (κ1) is 18.9. The fraction of sp³-hybridized carbons (Fsp3) is 0.667. The maximum absolute atomic E-state index is 5.77. The maximum atomic E-state index is 5.77. The smallest absolute Gasteiger partial charge is 0.127 e. The molecule has 0 radical (unpaired) electrons.